The van der Waals surface area contributed by atoms with E-state index in [1.54, 1.807) is 32.4 Å². The average Bonchev–Trinajstić information content (AvgIpc) is 3.15. The molecule has 0 unspecified atom stereocenters. The Bertz CT molecular complexity index is 1040. The molecule has 0 fully saturated rings. The highest BCUT2D eigenvalue weighted by atomic mass is 16.5. The molecule has 3 aromatic rings. The summed E-state index contributed by atoms with van der Waals surface area (Å²) < 4.78 is 16.0. The average molecular weight is 393 g/mol. The molecule has 0 aliphatic rings. The van der Waals surface area contributed by atoms with Crippen LogP contribution in [0.5, 0.6) is 11.5 Å². The third-order valence-electron chi connectivity index (χ3n) is 4.37. The Balaban J connectivity index is 1.62. The summed E-state index contributed by atoms with van der Waals surface area (Å²) in [5.41, 5.74) is 4.25. The van der Waals surface area contributed by atoms with E-state index in [9.17, 15) is 4.79 Å². The number of carbonyl (C=O) groups excluding carboxylic acids is 1. The maximum Gasteiger partial charge on any atom is 0.322 e. The van der Waals surface area contributed by atoms with E-state index in [0.29, 0.717) is 23.8 Å². The molecule has 7 nitrogen and oxygen atoms in total. The number of amides is 1. The predicted octanol–water partition coefficient (Wildman–Crippen LogP) is 3.95. The highest BCUT2D eigenvalue weighted by molar-refractivity contribution is 6.00. The Morgan fingerprint density at radius 3 is 2.59 bits per heavy atom. The first-order valence-electron chi connectivity index (χ1n) is 9.08. The van der Waals surface area contributed by atoms with Gasteiger partial charge in [0.1, 0.15) is 0 Å². The van der Waals surface area contributed by atoms with Crippen LogP contribution < -0.4 is 14.8 Å². The van der Waals surface area contributed by atoms with E-state index in [-0.39, 0.29) is 11.9 Å². The lowest BCUT2D eigenvalue weighted by molar-refractivity contribution is -0.112. The van der Waals surface area contributed by atoms with Gasteiger partial charge < -0.3 is 13.9 Å². The Morgan fingerprint density at radius 1 is 1.07 bits per heavy atom. The van der Waals surface area contributed by atoms with E-state index in [0.717, 1.165) is 16.7 Å². The van der Waals surface area contributed by atoms with Crippen LogP contribution in [0.1, 0.15) is 28.1 Å². The van der Waals surface area contributed by atoms with Gasteiger partial charge in [-0.2, -0.15) is 0 Å². The summed E-state index contributed by atoms with van der Waals surface area (Å²) in [5.74, 6) is 1.27. The van der Waals surface area contributed by atoms with Gasteiger partial charge in [-0.3, -0.25) is 10.1 Å². The molecule has 0 saturated carbocycles. The largest absolute Gasteiger partial charge is 0.493 e. The lowest BCUT2D eigenvalue weighted by Gasteiger charge is -2.07. The highest BCUT2D eigenvalue weighted by Gasteiger charge is 2.10. The molecule has 150 valence electrons. The monoisotopic (exact) mass is 393 g/mol. The van der Waals surface area contributed by atoms with Crippen LogP contribution >= 0.6 is 0 Å². The van der Waals surface area contributed by atoms with Gasteiger partial charge in [0, 0.05) is 6.08 Å². The Kier molecular flexibility index (Phi) is 6.29. The third kappa shape index (κ3) is 5.22. The second-order valence-electron chi connectivity index (χ2n) is 6.54. The number of methoxy groups -OCH3 is 2. The topological polar surface area (TPSA) is 86.5 Å². The smallest absolute Gasteiger partial charge is 0.322 e. The highest BCUT2D eigenvalue weighted by Crippen LogP contribution is 2.28. The summed E-state index contributed by atoms with van der Waals surface area (Å²) in [6, 6.07) is 11.6. The zero-order valence-corrected chi connectivity index (χ0v) is 16.9. The lowest BCUT2D eigenvalue weighted by Crippen LogP contribution is -2.07. The van der Waals surface area contributed by atoms with Gasteiger partial charge in [0.25, 0.3) is 5.91 Å². The van der Waals surface area contributed by atoms with E-state index >= 15 is 0 Å². The molecule has 0 saturated heterocycles. The minimum atomic E-state index is -0.374. The quantitative estimate of drug-likeness (QED) is 0.612. The number of anilines is 1. The second-order valence-corrected chi connectivity index (χ2v) is 6.54. The number of hydrogen-bond donors (Lipinski definition) is 1. The molecule has 0 bridgehead atoms. The van der Waals surface area contributed by atoms with Crippen LogP contribution in [-0.2, 0) is 11.2 Å². The number of aryl methyl sites for hydroxylation is 2. The number of hydrogen-bond acceptors (Lipinski definition) is 6. The number of nitrogens with one attached hydrogen (secondary N) is 1. The minimum Gasteiger partial charge on any atom is -0.493 e. The van der Waals surface area contributed by atoms with Crippen molar-refractivity contribution in [2.24, 2.45) is 0 Å². The first kappa shape index (κ1) is 20.1. The molecule has 0 radical (unpaired) electrons. The van der Waals surface area contributed by atoms with Gasteiger partial charge in [0.2, 0.25) is 5.89 Å². The minimum absolute atomic E-state index is 0.0618. The van der Waals surface area contributed by atoms with Crippen molar-refractivity contribution in [3.05, 3.63) is 70.6 Å². The standard InChI is InChI=1S/C22H23N3O4/c1-14-5-8-17(15(2)11-14)13-21-24-25-22(29-21)23-20(26)10-7-16-6-9-18(27-3)19(12-16)28-4/h5-12H,13H2,1-4H3,(H,23,25,26). The van der Waals surface area contributed by atoms with Crippen LogP contribution in [-0.4, -0.2) is 30.3 Å². The van der Waals surface area contributed by atoms with Gasteiger partial charge in [-0.1, -0.05) is 34.9 Å². The van der Waals surface area contributed by atoms with Crippen molar-refractivity contribution < 1.29 is 18.7 Å². The molecular weight excluding hydrogens is 370 g/mol. The van der Waals surface area contributed by atoms with Crippen molar-refractivity contribution >= 4 is 18.0 Å². The van der Waals surface area contributed by atoms with Crippen LogP contribution in [0.2, 0.25) is 0 Å². The molecule has 2 aromatic carbocycles. The van der Waals surface area contributed by atoms with Crippen molar-refractivity contribution in [2.75, 3.05) is 19.5 Å². The predicted molar refractivity (Wildman–Crippen MR) is 110 cm³/mol. The van der Waals surface area contributed by atoms with Crippen LogP contribution in [0.15, 0.2) is 46.9 Å². The molecule has 29 heavy (non-hydrogen) atoms. The van der Waals surface area contributed by atoms with Crippen LogP contribution in [0.4, 0.5) is 6.01 Å². The number of benzene rings is 2. The summed E-state index contributed by atoms with van der Waals surface area (Å²) in [4.78, 5) is 12.1. The molecule has 3 rings (SSSR count). The number of aromatic nitrogens is 2. The number of carbonyl (C=O) groups is 1. The van der Waals surface area contributed by atoms with E-state index in [1.807, 2.05) is 32.0 Å². The Labute approximate surface area is 169 Å². The van der Waals surface area contributed by atoms with E-state index in [1.165, 1.54) is 11.6 Å². The first-order valence-corrected chi connectivity index (χ1v) is 9.08. The van der Waals surface area contributed by atoms with Crippen molar-refractivity contribution in [1.82, 2.24) is 10.2 Å². The fourth-order valence-electron chi connectivity index (χ4n) is 2.86. The maximum absolute atomic E-state index is 12.1. The molecule has 0 aliphatic heterocycles. The van der Waals surface area contributed by atoms with Crippen molar-refractivity contribution in [2.45, 2.75) is 20.3 Å². The van der Waals surface area contributed by atoms with Crippen LogP contribution in [0.25, 0.3) is 6.08 Å². The van der Waals surface area contributed by atoms with E-state index in [2.05, 4.69) is 21.6 Å². The Hall–Kier alpha value is -3.61. The van der Waals surface area contributed by atoms with Crippen molar-refractivity contribution in [3.8, 4) is 11.5 Å². The summed E-state index contributed by atoms with van der Waals surface area (Å²) >= 11 is 0. The summed E-state index contributed by atoms with van der Waals surface area (Å²) in [7, 11) is 3.13. The fraction of sp³-hybridized carbons (Fsp3) is 0.227. The molecule has 1 heterocycles. The summed E-state index contributed by atoms with van der Waals surface area (Å²) in [6.45, 7) is 4.09. The lowest BCUT2D eigenvalue weighted by atomic mass is 10.0. The number of nitrogens with zero attached hydrogens (tertiary/aromatic N) is 2. The van der Waals surface area contributed by atoms with Crippen molar-refractivity contribution in [3.63, 3.8) is 0 Å². The second kappa shape index (κ2) is 9.05. The molecule has 1 amide bonds. The normalized spacial score (nSPS) is 10.9. The molecule has 0 aliphatic carbocycles. The van der Waals surface area contributed by atoms with Gasteiger partial charge in [0.15, 0.2) is 11.5 Å². The molecule has 1 aromatic heterocycles. The fourth-order valence-corrected chi connectivity index (χ4v) is 2.86. The van der Waals surface area contributed by atoms with Crippen LogP contribution in [0, 0.1) is 13.8 Å². The number of rotatable bonds is 7. The number of ether oxygens (including phenoxy) is 2. The van der Waals surface area contributed by atoms with Gasteiger partial charge in [-0.25, -0.2) is 0 Å². The third-order valence-corrected chi connectivity index (χ3v) is 4.37. The molecule has 1 N–H and O–H groups in total. The summed E-state index contributed by atoms with van der Waals surface area (Å²) in [5, 5.41) is 10.5. The van der Waals surface area contributed by atoms with Gasteiger partial charge in [-0.15, -0.1) is 5.10 Å². The molecule has 0 spiro atoms. The summed E-state index contributed by atoms with van der Waals surface area (Å²) in [6.07, 6.45) is 3.55. The zero-order valence-electron chi connectivity index (χ0n) is 16.9. The van der Waals surface area contributed by atoms with Gasteiger partial charge >= 0.3 is 6.01 Å². The van der Waals surface area contributed by atoms with E-state index in [4.69, 9.17) is 13.9 Å². The van der Waals surface area contributed by atoms with E-state index < -0.39 is 0 Å². The molecule has 7 heteroatoms. The molecule has 0 atom stereocenters. The van der Waals surface area contributed by atoms with Crippen LogP contribution in [0.3, 0.4) is 0 Å². The van der Waals surface area contributed by atoms with Gasteiger partial charge in [0.05, 0.1) is 20.6 Å². The van der Waals surface area contributed by atoms with Crippen molar-refractivity contribution in [1.29, 1.82) is 0 Å². The van der Waals surface area contributed by atoms with Gasteiger partial charge in [-0.05, 0) is 48.7 Å². The SMILES string of the molecule is COc1ccc(C=CC(=O)Nc2nnc(Cc3ccc(C)cc3C)o2)cc1OC. The zero-order chi connectivity index (χ0) is 20.8. The molecular formula is C22H23N3O4. The maximum atomic E-state index is 12.1. The Morgan fingerprint density at radius 2 is 1.86 bits per heavy atom. The first-order chi connectivity index (χ1) is 14.0.